The first-order chi connectivity index (χ1) is 51.4. The molecule has 18 heteroatoms. The largest absolute Gasteiger partial charge is 0.490 e. The molecule has 0 aliphatic carbocycles. The summed E-state index contributed by atoms with van der Waals surface area (Å²) in [6.45, 7) is 22.3. The van der Waals surface area contributed by atoms with E-state index >= 15 is 0 Å². The Balaban J connectivity index is 0.000000333. The van der Waals surface area contributed by atoms with E-state index < -0.39 is 18.3 Å². The summed E-state index contributed by atoms with van der Waals surface area (Å²) in [5, 5.41) is 0. The number of ether oxygens (including phenoxy) is 9. The van der Waals surface area contributed by atoms with Gasteiger partial charge in [0.05, 0.1) is 57.0 Å². The summed E-state index contributed by atoms with van der Waals surface area (Å²) >= 11 is 0. The standard InChI is InChI=1S/C30H46N2O4.C29H44N2O4.C28H42N2O4/c1-4-6-8-10-12-14-16-22-35-28-23-31-29(32-24-28)26-17-19-27(20-18-26)36-30(33)25(3)34-21-15-13-11-9-7-5-2;1-4-6-8-10-12-14-20-33-24(3)29(32)35-26-18-16-25(17-19-26)28-30-22-27(23-31-28)34-21-15-13-11-9-7-5-2;1-4-6-8-10-12-13-19-32-23(3)28(31)34-25-17-15-24(16-18-25)27-29-21-26(22-30-27)33-20-14-11-9-7-5-2/h17-20,23-25H,4-16,21-22H2,1-3H3;16-19,22-24H,4-15,20-21H2,1-3H3;15-18,21-23H,4-14,19-20H2,1-3H3. The molecule has 582 valence electrons. The predicted molar refractivity (Wildman–Crippen MR) is 422 cm³/mol. The highest BCUT2D eigenvalue weighted by Crippen LogP contribution is 2.26. The molecule has 105 heavy (non-hydrogen) atoms. The molecule has 0 aliphatic heterocycles. The Morgan fingerprint density at radius 2 is 0.429 bits per heavy atom. The third-order valence-corrected chi connectivity index (χ3v) is 17.8. The van der Waals surface area contributed by atoms with Crippen LogP contribution in [-0.4, -0.2) is 106 Å². The molecule has 6 aromatic rings. The third-order valence-electron chi connectivity index (χ3n) is 17.8. The molecule has 0 N–H and O–H groups in total. The maximum atomic E-state index is 12.3. The van der Waals surface area contributed by atoms with E-state index in [9.17, 15) is 14.4 Å². The average Bonchev–Trinajstić information content (AvgIpc) is 0.872. The number of esters is 3. The molecule has 0 saturated carbocycles. The number of nitrogens with zero attached hydrogens (tertiary/aromatic N) is 6. The van der Waals surface area contributed by atoms with Crippen molar-refractivity contribution in [3.63, 3.8) is 0 Å². The minimum atomic E-state index is -0.586. The Kier molecular flexibility index (Phi) is 51.2. The van der Waals surface area contributed by atoms with Crippen LogP contribution in [0.2, 0.25) is 0 Å². The molecule has 18 nitrogen and oxygen atoms in total. The number of rotatable bonds is 57. The van der Waals surface area contributed by atoms with Crippen LogP contribution in [0.25, 0.3) is 34.2 Å². The van der Waals surface area contributed by atoms with Crippen LogP contribution in [0.15, 0.2) is 110 Å². The van der Waals surface area contributed by atoms with E-state index in [0.717, 1.165) is 74.5 Å². The van der Waals surface area contributed by atoms with Crippen LogP contribution in [-0.2, 0) is 28.6 Å². The van der Waals surface area contributed by atoms with Crippen LogP contribution in [0.5, 0.6) is 34.5 Å². The summed E-state index contributed by atoms with van der Waals surface area (Å²) in [5.74, 6) is 4.15. The van der Waals surface area contributed by atoms with Gasteiger partial charge in [0.1, 0.15) is 17.2 Å². The van der Waals surface area contributed by atoms with Gasteiger partial charge < -0.3 is 42.6 Å². The topological polar surface area (TPSA) is 212 Å². The second-order valence-corrected chi connectivity index (χ2v) is 27.3. The number of unbranched alkanes of at least 4 members (excludes halogenated alkanes) is 30. The van der Waals surface area contributed by atoms with Crippen LogP contribution in [0.4, 0.5) is 0 Å². The van der Waals surface area contributed by atoms with Crippen molar-refractivity contribution in [3.8, 4) is 68.7 Å². The van der Waals surface area contributed by atoms with Gasteiger partial charge in [0.25, 0.3) is 0 Å². The van der Waals surface area contributed by atoms with Crippen molar-refractivity contribution in [2.24, 2.45) is 0 Å². The minimum Gasteiger partial charge on any atom is -0.490 e. The second-order valence-electron chi connectivity index (χ2n) is 27.3. The zero-order chi connectivity index (χ0) is 75.4. The highest BCUT2D eigenvalue weighted by Gasteiger charge is 2.19. The average molecular weight is 1450 g/mol. The van der Waals surface area contributed by atoms with Gasteiger partial charge >= 0.3 is 17.9 Å². The molecule has 0 bridgehead atoms. The summed E-state index contributed by atoms with van der Waals surface area (Å²) < 4.78 is 50.5. The van der Waals surface area contributed by atoms with Gasteiger partial charge in [-0.3, -0.25) is 0 Å². The summed E-state index contributed by atoms with van der Waals surface area (Å²) in [5.41, 5.74) is 2.54. The second kappa shape index (κ2) is 59.7. The fraction of sp³-hybridized carbons (Fsp3) is 0.621. The van der Waals surface area contributed by atoms with Crippen molar-refractivity contribution in [1.82, 2.24) is 29.9 Å². The highest BCUT2D eigenvalue weighted by molar-refractivity contribution is 5.78. The molecule has 0 fully saturated rings. The monoisotopic (exact) mass is 1450 g/mol. The molecule has 3 unspecified atom stereocenters. The van der Waals surface area contributed by atoms with Crippen LogP contribution in [0, 0.1) is 0 Å². The van der Waals surface area contributed by atoms with Crippen molar-refractivity contribution in [3.05, 3.63) is 110 Å². The van der Waals surface area contributed by atoms with Gasteiger partial charge in [0.15, 0.2) is 53.0 Å². The molecule has 3 aromatic carbocycles. The molecule has 0 saturated heterocycles. The number of carbonyl (C=O) groups excluding carboxylic acids is 3. The van der Waals surface area contributed by atoms with Crippen LogP contribution < -0.4 is 28.4 Å². The van der Waals surface area contributed by atoms with Gasteiger partial charge in [-0.15, -0.1) is 0 Å². The van der Waals surface area contributed by atoms with Gasteiger partial charge in [-0.2, -0.15) is 0 Å². The highest BCUT2D eigenvalue weighted by atomic mass is 16.6. The molecule has 3 atom stereocenters. The zero-order valence-electron chi connectivity index (χ0n) is 65.9. The lowest BCUT2D eigenvalue weighted by molar-refractivity contribution is -0.147. The van der Waals surface area contributed by atoms with Crippen LogP contribution in [0.1, 0.15) is 293 Å². The number of hydrogen-bond donors (Lipinski definition) is 0. The van der Waals surface area contributed by atoms with Gasteiger partial charge in [-0.25, -0.2) is 44.3 Å². The van der Waals surface area contributed by atoms with Crippen molar-refractivity contribution in [2.45, 2.75) is 312 Å². The van der Waals surface area contributed by atoms with E-state index in [1.165, 1.54) is 173 Å². The Bertz CT molecular complexity index is 3090. The molecule has 0 aliphatic rings. The molecule has 0 radical (unpaired) electrons. The Hall–Kier alpha value is -7.41. The number of carbonyl (C=O) groups is 3. The fourth-order valence-electron chi connectivity index (χ4n) is 11.1. The fourth-order valence-corrected chi connectivity index (χ4v) is 11.1. The Morgan fingerprint density at radius 3 is 0.629 bits per heavy atom. The van der Waals surface area contributed by atoms with E-state index in [1.807, 2.05) is 36.4 Å². The van der Waals surface area contributed by atoms with E-state index in [1.54, 1.807) is 94.4 Å². The molecule has 6 rings (SSSR count). The van der Waals surface area contributed by atoms with Gasteiger partial charge in [0.2, 0.25) is 0 Å². The van der Waals surface area contributed by atoms with Gasteiger partial charge in [0, 0.05) is 36.5 Å². The Labute approximate surface area is 631 Å². The smallest absolute Gasteiger partial charge is 0.340 e. The predicted octanol–water partition coefficient (Wildman–Crippen LogP) is 22.7. The molecule has 0 amide bonds. The lowest BCUT2D eigenvalue weighted by Gasteiger charge is -2.12. The van der Waals surface area contributed by atoms with E-state index in [0.29, 0.717) is 91.6 Å². The summed E-state index contributed by atoms with van der Waals surface area (Å²) in [6, 6.07) is 21.6. The van der Waals surface area contributed by atoms with Crippen molar-refractivity contribution >= 4 is 17.9 Å². The molecule has 3 aromatic heterocycles. The van der Waals surface area contributed by atoms with Gasteiger partial charge in [-0.1, -0.05) is 234 Å². The number of hydrogen-bond acceptors (Lipinski definition) is 18. The van der Waals surface area contributed by atoms with E-state index in [2.05, 4.69) is 71.4 Å². The van der Waals surface area contributed by atoms with Crippen molar-refractivity contribution in [1.29, 1.82) is 0 Å². The third kappa shape index (κ3) is 42.5. The van der Waals surface area contributed by atoms with Crippen molar-refractivity contribution < 1.29 is 57.0 Å². The summed E-state index contributed by atoms with van der Waals surface area (Å²) in [6.07, 6.45) is 52.1. The molecule has 3 heterocycles. The zero-order valence-corrected chi connectivity index (χ0v) is 65.9. The first-order valence-electron chi connectivity index (χ1n) is 40.6. The van der Waals surface area contributed by atoms with Crippen LogP contribution >= 0.6 is 0 Å². The molecular weight excluding hydrogens is 1320 g/mol. The number of benzene rings is 3. The Morgan fingerprint density at radius 1 is 0.248 bits per heavy atom. The van der Waals surface area contributed by atoms with Crippen LogP contribution in [0.3, 0.4) is 0 Å². The summed E-state index contributed by atoms with van der Waals surface area (Å²) in [7, 11) is 0. The maximum absolute atomic E-state index is 12.3. The lowest BCUT2D eigenvalue weighted by Crippen LogP contribution is -2.26. The number of aromatic nitrogens is 6. The summed E-state index contributed by atoms with van der Waals surface area (Å²) in [4.78, 5) is 63.3. The minimum absolute atomic E-state index is 0.382. The van der Waals surface area contributed by atoms with E-state index in [-0.39, 0.29) is 17.9 Å². The van der Waals surface area contributed by atoms with Crippen molar-refractivity contribution in [2.75, 3.05) is 39.6 Å². The molecule has 0 spiro atoms. The normalized spacial score (nSPS) is 11.9. The lowest BCUT2D eigenvalue weighted by atomic mass is 10.1. The molecular formula is C87H132N6O12. The first-order valence-corrected chi connectivity index (χ1v) is 40.6. The van der Waals surface area contributed by atoms with E-state index in [4.69, 9.17) is 42.6 Å². The maximum Gasteiger partial charge on any atom is 0.340 e. The SMILES string of the molecule is CCCCCCCCCOc1cnc(-c2ccc(OC(=O)C(C)OCCCCCCCC)cc2)nc1.CCCCCCCCOC(C)C(=O)Oc1ccc(-c2ncc(OCCCCCCC)cn2)cc1.CCCCCCCCOc1cnc(-c2ccc(OC(=O)C(C)OCCCCCCCC)cc2)nc1. The first kappa shape index (κ1) is 90.0. The quantitative estimate of drug-likeness (QED) is 0.0197. The van der Waals surface area contributed by atoms with Gasteiger partial charge in [-0.05, 0) is 132 Å².